The van der Waals surface area contributed by atoms with Crippen molar-refractivity contribution in [3.05, 3.63) is 52.0 Å². The molecule has 1 atom stereocenters. The zero-order valence-electron chi connectivity index (χ0n) is 19.0. The van der Waals surface area contributed by atoms with Crippen LogP contribution in [-0.4, -0.2) is 43.7 Å². The number of sulfonamides is 1. The number of hydrogen-bond donors (Lipinski definition) is 1. The summed E-state index contributed by atoms with van der Waals surface area (Å²) in [4.78, 5) is 26.6. The lowest BCUT2D eigenvalue weighted by Crippen LogP contribution is -2.41. The average molecular weight is 534 g/mol. The van der Waals surface area contributed by atoms with Gasteiger partial charge in [0.2, 0.25) is 21.8 Å². The summed E-state index contributed by atoms with van der Waals surface area (Å²) in [5, 5.41) is 2.95. The molecule has 2 aliphatic heterocycles. The van der Waals surface area contributed by atoms with Crippen LogP contribution in [-0.2, 0) is 26.0 Å². The van der Waals surface area contributed by atoms with Crippen molar-refractivity contribution >= 4 is 49.1 Å². The standard InChI is InChI=1S/C24H28BrN3O4S/c1-15-12-20(4-6-22(15)25)26-24(30)18-8-10-27(11-9-18)33(31,32)21-5-7-23-19(14-21)13-16(2)28(23)17(3)29/h4-7,12,14,16,18H,8-11,13H2,1-3H3,(H,26,30)/t16-/m0/s1. The first-order chi connectivity index (χ1) is 15.6. The quantitative estimate of drug-likeness (QED) is 0.640. The number of nitrogens with one attached hydrogen (secondary N) is 1. The van der Waals surface area contributed by atoms with E-state index >= 15 is 0 Å². The maximum atomic E-state index is 13.3. The molecule has 0 aliphatic carbocycles. The smallest absolute Gasteiger partial charge is 0.243 e. The highest BCUT2D eigenvalue weighted by molar-refractivity contribution is 9.10. The molecule has 1 fully saturated rings. The Labute approximate surface area is 203 Å². The summed E-state index contributed by atoms with van der Waals surface area (Å²) < 4.78 is 29.0. The van der Waals surface area contributed by atoms with Gasteiger partial charge in [-0.1, -0.05) is 15.9 Å². The van der Waals surface area contributed by atoms with Crippen LogP contribution in [0.3, 0.4) is 0 Å². The van der Waals surface area contributed by atoms with Crippen LogP contribution in [0.4, 0.5) is 11.4 Å². The molecule has 0 radical (unpaired) electrons. The highest BCUT2D eigenvalue weighted by Crippen LogP contribution is 2.35. The molecule has 2 aromatic carbocycles. The van der Waals surface area contributed by atoms with E-state index in [2.05, 4.69) is 21.2 Å². The van der Waals surface area contributed by atoms with Gasteiger partial charge >= 0.3 is 0 Å². The molecule has 2 heterocycles. The van der Waals surface area contributed by atoms with Gasteiger partial charge in [-0.05, 0) is 80.6 Å². The molecule has 0 saturated carbocycles. The van der Waals surface area contributed by atoms with Gasteiger partial charge in [-0.15, -0.1) is 0 Å². The minimum atomic E-state index is -3.66. The average Bonchev–Trinajstić information content (AvgIpc) is 3.11. The summed E-state index contributed by atoms with van der Waals surface area (Å²) in [6.45, 7) is 6.04. The van der Waals surface area contributed by atoms with Crippen LogP contribution >= 0.6 is 15.9 Å². The number of piperidine rings is 1. The van der Waals surface area contributed by atoms with E-state index < -0.39 is 10.0 Å². The molecule has 0 spiro atoms. The monoisotopic (exact) mass is 533 g/mol. The molecule has 0 aromatic heterocycles. The second-order valence-corrected chi connectivity index (χ2v) is 11.7. The molecule has 2 amide bonds. The van der Waals surface area contributed by atoms with Crippen molar-refractivity contribution in [3.63, 3.8) is 0 Å². The number of anilines is 2. The maximum Gasteiger partial charge on any atom is 0.243 e. The highest BCUT2D eigenvalue weighted by Gasteiger charge is 2.34. The van der Waals surface area contributed by atoms with Gasteiger partial charge < -0.3 is 10.2 Å². The van der Waals surface area contributed by atoms with Crippen LogP contribution in [0.5, 0.6) is 0 Å². The fourth-order valence-corrected chi connectivity index (χ4v) is 6.49. The van der Waals surface area contributed by atoms with Crippen LogP contribution in [0, 0.1) is 12.8 Å². The predicted octanol–water partition coefficient (Wildman–Crippen LogP) is 4.09. The van der Waals surface area contributed by atoms with Gasteiger partial charge in [0.25, 0.3) is 0 Å². The summed E-state index contributed by atoms with van der Waals surface area (Å²) in [6.07, 6.45) is 1.58. The van der Waals surface area contributed by atoms with Gasteiger partial charge in [-0.2, -0.15) is 4.31 Å². The topological polar surface area (TPSA) is 86.8 Å². The Hall–Kier alpha value is -2.23. The van der Waals surface area contributed by atoms with Crippen molar-refractivity contribution in [2.24, 2.45) is 5.92 Å². The number of nitrogens with zero attached hydrogens (tertiary/aromatic N) is 2. The number of fused-ring (bicyclic) bond motifs is 1. The summed E-state index contributed by atoms with van der Waals surface area (Å²) in [5.41, 5.74) is 3.43. The normalized spacial score (nSPS) is 19.4. The van der Waals surface area contributed by atoms with Crippen molar-refractivity contribution in [3.8, 4) is 0 Å². The van der Waals surface area contributed by atoms with Gasteiger partial charge in [0.05, 0.1) is 4.90 Å². The SMILES string of the molecule is CC(=O)N1c2ccc(S(=O)(=O)N3CCC(C(=O)Nc4ccc(Br)c(C)c4)CC3)cc2C[C@@H]1C. The van der Waals surface area contributed by atoms with Gasteiger partial charge in [0, 0.05) is 47.8 Å². The summed E-state index contributed by atoms with van der Waals surface area (Å²) in [7, 11) is -3.66. The Kier molecular flexibility index (Phi) is 6.66. The Balaban J connectivity index is 1.42. The van der Waals surface area contributed by atoms with E-state index in [-0.39, 0.29) is 28.7 Å². The molecule has 2 aromatic rings. The fourth-order valence-electron chi connectivity index (χ4n) is 4.72. The Morgan fingerprint density at radius 2 is 1.79 bits per heavy atom. The van der Waals surface area contributed by atoms with Crippen LogP contribution in [0.1, 0.15) is 37.8 Å². The minimum Gasteiger partial charge on any atom is -0.326 e. The summed E-state index contributed by atoms with van der Waals surface area (Å²) in [5.74, 6) is -0.356. The number of carbonyl (C=O) groups is 2. The second kappa shape index (κ2) is 9.19. The minimum absolute atomic E-state index is 0.0132. The summed E-state index contributed by atoms with van der Waals surface area (Å²) >= 11 is 3.45. The third kappa shape index (κ3) is 4.72. The highest BCUT2D eigenvalue weighted by atomic mass is 79.9. The zero-order valence-corrected chi connectivity index (χ0v) is 21.4. The fraction of sp³-hybridized carbons (Fsp3) is 0.417. The van der Waals surface area contributed by atoms with Crippen molar-refractivity contribution in [2.75, 3.05) is 23.3 Å². The van der Waals surface area contributed by atoms with Crippen LogP contribution in [0.25, 0.3) is 0 Å². The number of aryl methyl sites for hydroxylation is 1. The van der Waals surface area contributed by atoms with E-state index in [9.17, 15) is 18.0 Å². The number of halogens is 1. The van der Waals surface area contributed by atoms with Crippen molar-refractivity contribution in [2.45, 2.75) is 51.0 Å². The maximum absolute atomic E-state index is 13.3. The lowest BCUT2D eigenvalue weighted by Gasteiger charge is -2.30. The van der Waals surface area contributed by atoms with Crippen molar-refractivity contribution in [1.29, 1.82) is 0 Å². The molecule has 7 nitrogen and oxygen atoms in total. The number of hydrogen-bond acceptors (Lipinski definition) is 4. The predicted molar refractivity (Wildman–Crippen MR) is 132 cm³/mol. The molecule has 176 valence electrons. The van der Waals surface area contributed by atoms with E-state index in [1.165, 1.54) is 11.2 Å². The van der Waals surface area contributed by atoms with E-state index in [0.29, 0.717) is 32.4 Å². The second-order valence-electron chi connectivity index (χ2n) is 8.86. The van der Waals surface area contributed by atoms with Crippen molar-refractivity contribution < 1.29 is 18.0 Å². The molecule has 0 bridgehead atoms. The first kappa shape index (κ1) is 23.9. The number of amides is 2. The molecule has 4 rings (SSSR count). The Morgan fingerprint density at radius 1 is 1.09 bits per heavy atom. The van der Waals surface area contributed by atoms with Gasteiger partial charge in [0.1, 0.15) is 0 Å². The van der Waals surface area contributed by atoms with Crippen LogP contribution in [0.2, 0.25) is 0 Å². The first-order valence-electron chi connectivity index (χ1n) is 11.1. The van der Waals surface area contributed by atoms with Gasteiger partial charge in [0.15, 0.2) is 0 Å². The molecule has 9 heteroatoms. The number of carbonyl (C=O) groups excluding carboxylic acids is 2. The number of benzene rings is 2. The third-order valence-corrected chi connectivity index (χ3v) is 9.28. The molecule has 1 N–H and O–H groups in total. The molecular formula is C24H28BrN3O4S. The third-order valence-electron chi connectivity index (χ3n) is 6.49. The van der Waals surface area contributed by atoms with Crippen LogP contribution in [0.15, 0.2) is 45.8 Å². The molecule has 33 heavy (non-hydrogen) atoms. The van der Waals surface area contributed by atoms with E-state index in [0.717, 1.165) is 27.0 Å². The zero-order chi connectivity index (χ0) is 23.9. The summed E-state index contributed by atoms with van der Waals surface area (Å²) in [6, 6.07) is 10.7. The van der Waals surface area contributed by atoms with Gasteiger partial charge in [-0.25, -0.2) is 8.42 Å². The molecule has 0 unspecified atom stereocenters. The van der Waals surface area contributed by atoms with Crippen molar-refractivity contribution in [1.82, 2.24) is 4.31 Å². The first-order valence-corrected chi connectivity index (χ1v) is 13.3. The lowest BCUT2D eigenvalue weighted by molar-refractivity contribution is -0.121. The number of rotatable bonds is 4. The molecule has 2 aliphatic rings. The van der Waals surface area contributed by atoms with E-state index in [1.54, 1.807) is 23.1 Å². The largest absolute Gasteiger partial charge is 0.326 e. The van der Waals surface area contributed by atoms with Gasteiger partial charge in [-0.3, -0.25) is 9.59 Å². The Morgan fingerprint density at radius 3 is 2.42 bits per heavy atom. The molecule has 1 saturated heterocycles. The Bertz CT molecular complexity index is 1210. The van der Waals surface area contributed by atoms with Crippen LogP contribution < -0.4 is 10.2 Å². The lowest BCUT2D eigenvalue weighted by atomic mass is 9.97. The van der Waals surface area contributed by atoms with E-state index in [1.807, 2.05) is 32.0 Å². The van der Waals surface area contributed by atoms with E-state index in [4.69, 9.17) is 0 Å². The molecular weight excluding hydrogens is 506 g/mol.